The van der Waals surface area contributed by atoms with Gasteiger partial charge in [0.2, 0.25) is 11.8 Å². The molecule has 0 bridgehead atoms. The molecule has 34 heavy (non-hydrogen) atoms. The van der Waals surface area contributed by atoms with Crippen LogP contribution in [0.3, 0.4) is 0 Å². The Hall–Kier alpha value is -3.04. The smallest absolute Gasteiger partial charge is 0.262 e. The van der Waals surface area contributed by atoms with E-state index < -0.39 is 0 Å². The fourth-order valence-corrected chi connectivity index (χ4v) is 5.23. The predicted molar refractivity (Wildman–Crippen MR) is 136 cm³/mol. The van der Waals surface area contributed by atoms with Crippen LogP contribution in [0.2, 0.25) is 0 Å². The number of anilines is 1. The second kappa shape index (κ2) is 10.1. The molecular formula is C25H31N5O3S. The van der Waals surface area contributed by atoms with Crippen LogP contribution < -0.4 is 10.9 Å². The first-order chi connectivity index (χ1) is 16.2. The zero-order chi connectivity index (χ0) is 24.4. The molecule has 4 rings (SSSR count). The maximum Gasteiger partial charge on any atom is 0.262 e. The Bertz CT molecular complexity index is 1290. The molecule has 3 heterocycles. The molecule has 3 aromatic rings. The Morgan fingerprint density at radius 3 is 2.53 bits per heavy atom. The number of aryl methyl sites for hydroxylation is 4. The standard InChI is InChI=1S/C25H31N5O3S/c1-16-6-5-7-20(17(16)2)27-21(31)14-28-10-12-29(13-11-28)22(32)8-9-30-15-26-24-23(25(30)33)18(3)19(4)34-24/h5-7,15H,8-14H2,1-4H3,(H,27,31). The molecule has 1 N–H and O–H groups in total. The molecule has 9 heteroatoms. The predicted octanol–water partition coefficient (Wildman–Crippen LogP) is 2.86. The highest BCUT2D eigenvalue weighted by molar-refractivity contribution is 7.18. The average molecular weight is 482 g/mol. The lowest BCUT2D eigenvalue weighted by molar-refractivity contribution is -0.133. The van der Waals surface area contributed by atoms with Crippen molar-refractivity contribution in [2.75, 3.05) is 38.0 Å². The third kappa shape index (κ3) is 5.05. The molecule has 0 atom stereocenters. The molecule has 1 aliphatic heterocycles. The first-order valence-corrected chi connectivity index (χ1v) is 12.4. The van der Waals surface area contributed by atoms with Gasteiger partial charge in [0, 0.05) is 49.7 Å². The number of nitrogens with one attached hydrogen (secondary N) is 1. The maximum atomic E-state index is 12.8. The quantitative estimate of drug-likeness (QED) is 0.585. The first kappa shape index (κ1) is 24.1. The summed E-state index contributed by atoms with van der Waals surface area (Å²) in [7, 11) is 0. The molecule has 1 aliphatic rings. The van der Waals surface area contributed by atoms with Gasteiger partial charge in [0.15, 0.2) is 0 Å². The number of carbonyl (C=O) groups excluding carboxylic acids is 2. The molecule has 0 radical (unpaired) electrons. The zero-order valence-corrected chi connectivity index (χ0v) is 21.0. The zero-order valence-electron chi connectivity index (χ0n) is 20.2. The molecule has 1 saturated heterocycles. The molecule has 2 amide bonds. The normalized spacial score (nSPS) is 14.5. The minimum Gasteiger partial charge on any atom is -0.340 e. The summed E-state index contributed by atoms with van der Waals surface area (Å²) in [5.41, 5.74) is 3.94. The molecule has 2 aromatic heterocycles. The van der Waals surface area contributed by atoms with Gasteiger partial charge in [0.05, 0.1) is 18.3 Å². The van der Waals surface area contributed by atoms with Gasteiger partial charge in [-0.2, -0.15) is 0 Å². The molecule has 1 aromatic carbocycles. The van der Waals surface area contributed by atoms with Crippen LogP contribution in [-0.2, 0) is 16.1 Å². The van der Waals surface area contributed by atoms with E-state index >= 15 is 0 Å². The van der Waals surface area contributed by atoms with Gasteiger partial charge >= 0.3 is 0 Å². The van der Waals surface area contributed by atoms with Crippen LogP contribution >= 0.6 is 11.3 Å². The van der Waals surface area contributed by atoms with Crippen molar-refractivity contribution in [2.45, 2.75) is 40.7 Å². The molecule has 1 fully saturated rings. The van der Waals surface area contributed by atoms with Gasteiger partial charge in [-0.3, -0.25) is 23.9 Å². The number of rotatable bonds is 6. The van der Waals surface area contributed by atoms with Crippen molar-refractivity contribution in [3.05, 3.63) is 56.4 Å². The lowest BCUT2D eigenvalue weighted by Crippen LogP contribution is -2.50. The van der Waals surface area contributed by atoms with Gasteiger partial charge in [-0.15, -0.1) is 11.3 Å². The van der Waals surface area contributed by atoms with E-state index in [1.54, 1.807) is 6.33 Å². The lowest BCUT2D eigenvalue weighted by Gasteiger charge is -2.34. The van der Waals surface area contributed by atoms with Gasteiger partial charge in [-0.05, 0) is 50.5 Å². The van der Waals surface area contributed by atoms with Crippen molar-refractivity contribution in [1.29, 1.82) is 0 Å². The summed E-state index contributed by atoms with van der Waals surface area (Å²) in [6.07, 6.45) is 1.79. The minimum atomic E-state index is -0.0840. The number of hydrogen-bond acceptors (Lipinski definition) is 6. The number of aromatic nitrogens is 2. The SMILES string of the molecule is Cc1cccc(NC(=O)CN2CCN(C(=O)CCn3cnc4sc(C)c(C)c4c3=O)CC2)c1C. The van der Waals surface area contributed by atoms with E-state index in [0.717, 1.165) is 32.1 Å². The molecule has 180 valence electrons. The Kier molecular flexibility index (Phi) is 7.13. The van der Waals surface area contributed by atoms with E-state index in [1.807, 2.05) is 50.8 Å². The number of nitrogens with zero attached hydrogens (tertiary/aromatic N) is 4. The van der Waals surface area contributed by atoms with Crippen molar-refractivity contribution >= 4 is 39.1 Å². The van der Waals surface area contributed by atoms with Gasteiger partial charge in [0.1, 0.15) is 4.83 Å². The van der Waals surface area contributed by atoms with Crippen molar-refractivity contribution < 1.29 is 9.59 Å². The molecule has 0 aliphatic carbocycles. The number of benzene rings is 1. The molecule has 0 saturated carbocycles. The van der Waals surface area contributed by atoms with Crippen LogP contribution in [-0.4, -0.2) is 63.9 Å². The van der Waals surface area contributed by atoms with E-state index in [2.05, 4.69) is 15.2 Å². The Labute approximate surface area is 203 Å². The summed E-state index contributed by atoms with van der Waals surface area (Å²) >= 11 is 1.52. The molecule has 0 spiro atoms. The van der Waals surface area contributed by atoms with Crippen LogP contribution in [0.25, 0.3) is 10.2 Å². The van der Waals surface area contributed by atoms with Crippen LogP contribution in [0, 0.1) is 27.7 Å². The third-order valence-electron chi connectivity index (χ3n) is 6.69. The fraction of sp³-hybridized carbons (Fsp3) is 0.440. The molecule has 0 unspecified atom stereocenters. The number of fused-ring (bicyclic) bond motifs is 1. The fourth-order valence-electron chi connectivity index (χ4n) is 4.24. The van der Waals surface area contributed by atoms with E-state index in [1.165, 1.54) is 15.9 Å². The average Bonchev–Trinajstić information content (AvgIpc) is 3.11. The van der Waals surface area contributed by atoms with E-state index in [9.17, 15) is 14.4 Å². The Balaban J connectivity index is 1.27. The van der Waals surface area contributed by atoms with E-state index in [4.69, 9.17) is 0 Å². The number of carbonyl (C=O) groups is 2. The van der Waals surface area contributed by atoms with Crippen molar-refractivity contribution in [3.63, 3.8) is 0 Å². The van der Waals surface area contributed by atoms with Gasteiger partial charge in [-0.1, -0.05) is 12.1 Å². The summed E-state index contributed by atoms with van der Waals surface area (Å²) in [5.74, 6) is -0.0283. The largest absolute Gasteiger partial charge is 0.340 e. The second-order valence-electron chi connectivity index (χ2n) is 8.91. The number of amides is 2. The summed E-state index contributed by atoms with van der Waals surface area (Å²) in [5, 5.41) is 3.65. The maximum absolute atomic E-state index is 12.8. The topological polar surface area (TPSA) is 87.5 Å². The highest BCUT2D eigenvalue weighted by Crippen LogP contribution is 2.25. The van der Waals surface area contributed by atoms with Crippen LogP contribution in [0.1, 0.15) is 28.0 Å². The summed E-state index contributed by atoms with van der Waals surface area (Å²) in [4.78, 5) is 48.2. The van der Waals surface area contributed by atoms with Gasteiger partial charge in [0.25, 0.3) is 5.56 Å². The summed E-state index contributed by atoms with van der Waals surface area (Å²) in [6.45, 7) is 11.0. The number of piperazine rings is 1. The Morgan fingerprint density at radius 2 is 1.79 bits per heavy atom. The van der Waals surface area contributed by atoms with Gasteiger partial charge < -0.3 is 10.2 Å². The van der Waals surface area contributed by atoms with E-state index in [-0.39, 0.29) is 23.8 Å². The van der Waals surface area contributed by atoms with Crippen molar-refractivity contribution in [1.82, 2.24) is 19.4 Å². The van der Waals surface area contributed by atoms with Crippen LogP contribution in [0.4, 0.5) is 5.69 Å². The molecular weight excluding hydrogens is 450 g/mol. The summed E-state index contributed by atoms with van der Waals surface area (Å²) in [6, 6.07) is 5.87. The number of hydrogen-bond donors (Lipinski definition) is 1. The monoisotopic (exact) mass is 481 g/mol. The Morgan fingerprint density at radius 1 is 1.06 bits per heavy atom. The third-order valence-corrected chi connectivity index (χ3v) is 7.81. The molecule has 8 nitrogen and oxygen atoms in total. The van der Waals surface area contributed by atoms with Gasteiger partial charge in [-0.25, -0.2) is 4.98 Å². The summed E-state index contributed by atoms with van der Waals surface area (Å²) < 4.78 is 1.53. The first-order valence-electron chi connectivity index (χ1n) is 11.6. The number of thiophene rings is 1. The van der Waals surface area contributed by atoms with Crippen molar-refractivity contribution in [2.24, 2.45) is 0 Å². The highest BCUT2D eigenvalue weighted by Gasteiger charge is 2.23. The van der Waals surface area contributed by atoms with Crippen LogP contribution in [0.5, 0.6) is 0 Å². The van der Waals surface area contributed by atoms with Crippen LogP contribution in [0.15, 0.2) is 29.3 Å². The van der Waals surface area contributed by atoms with E-state index in [0.29, 0.717) is 44.7 Å². The second-order valence-corrected chi connectivity index (χ2v) is 10.1. The minimum absolute atomic E-state index is 0.0182. The lowest BCUT2D eigenvalue weighted by atomic mass is 10.1. The highest BCUT2D eigenvalue weighted by atomic mass is 32.1. The van der Waals surface area contributed by atoms with Crippen molar-refractivity contribution in [3.8, 4) is 0 Å².